The van der Waals surface area contributed by atoms with Gasteiger partial charge in [-0.3, -0.25) is 4.79 Å². The van der Waals surface area contributed by atoms with E-state index in [0.29, 0.717) is 6.54 Å². The van der Waals surface area contributed by atoms with Gasteiger partial charge in [0.1, 0.15) is 6.04 Å². The molecule has 0 bridgehead atoms. The molecule has 3 N–H and O–H groups in total. The zero-order valence-electron chi connectivity index (χ0n) is 15.0. The topological polar surface area (TPSA) is 45.7 Å². The number of carbonyl (C=O) groups excluding carboxylic acids is 1. The average Bonchev–Trinajstić information content (AvgIpc) is 2.58. The Labute approximate surface area is 149 Å². The van der Waals surface area contributed by atoms with Gasteiger partial charge in [-0.05, 0) is 54.8 Å². The second-order valence-corrected chi connectivity index (χ2v) is 6.72. The lowest BCUT2D eigenvalue weighted by Gasteiger charge is -2.14. The molecule has 0 saturated heterocycles. The Morgan fingerprint density at radius 2 is 1.68 bits per heavy atom. The minimum Gasteiger partial charge on any atom is -0.332 e. The molecule has 1 atom stereocenters. The van der Waals surface area contributed by atoms with Gasteiger partial charge in [0.25, 0.3) is 5.91 Å². The first kappa shape index (κ1) is 17.2. The predicted molar refractivity (Wildman–Crippen MR) is 104 cm³/mol. The number of amides is 1. The maximum absolute atomic E-state index is 12.3. The standard InChI is InChI=1S/C22H24N2O/c1-15-11-16(2)13-19(12-15)24-22(25)14-23-17(3)20-10-6-8-18-7-4-5-9-21(18)20/h4-13,17,23H,14H2,1-3H3,(H,24,25)/p+1/t17-/m1/s1. The van der Waals surface area contributed by atoms with Gasteiger partial charge in [-0.1, -0.05) is 48.5 Å². The smallest absolute Gasteiger partial charge is 0.279 e. The summed E-state index contributed by atoms with van der Waals surface area (Å²) in [6.45, 7) is 6.62. The van der Waals surface area contributed by atoms with Crippen LogP contribution in [0.1, 0.15) is 29.7 Å². The fourth-order valence-electron chi connectivity index (χ4n) is 3.32. The highest BCUT2D eigenvalue weighted by Crippen LogP contribution is 2.22. The monoisotopic (exact) mass is 333 g/mol. The Morgan fingerprint density at radius 1 is 1.00 bits per heavy atom. The number of nitrogens with one attached hydrogen (secondary N) is 1. The summed E-state index contributed by atoms with van der Waals surface area (Å²) in [5.74, 6) is 0.0251. The van der Waals surface area contributed by atoms with E-state index in [1.54, 1.807) is 0 Å². The van der Waals surface area contributed by atoms with Gasteiger partial charge in [0, 0.05) is 11.3 Å². The molecule has 0 heterocycles. The first-order chi connectivity index (χ1) is 12.0. The lowest BCUT2D eigenvalue weighted by molar-refractivity contribution is -0.682. The number of fused-ring (bicyclic) bond motifs is 1. The summed E-state index contributed by atoms with van der Waals surface area (Å²) in [6.07, 6.45) is 0. The van der Waals surface area contributed by atoms with Crippen LogP contribution in [0.2, 0.25) is 0 Å². The molecule has 3 rings (SSSR count). The van der Waals surface area contributed by atoms with Crippen LogP contribution in [0, 0.1) is 13.8 Å². The Morgan fingerprint density at radius 3 is 2.44 bits per heavy atom. The zero-order chi connectivity index (χ0) is 17.8. The third-order valence-corrected chi connectivity index (χ3v) is 4.48. The van der Waals surface area contributed by atoms with Crippen molar-refractivity contribution in [2.75, 3.05) is 11.9 Å². The minimum atomic E-state index is 0.0251. The van der Waals surface area contributed by atoms with E-state index < -0.39 is 0 Å². The molecular weight excluding hydrogens is 308 g/mol. The number of nitrogens with two attached hydrogens (primary N) is 1. The Hall–Kier alpha value is -2.65. The lowest BCUT2D eigenvalue weighted by atomic mass is 10.00. The van der Waals surface area contributed by atoms with Crippen molar-refractivity contribution in [3.63, 3.8) is 0 Å². The zero-order valence-corrected chi connectivity index (χ0v) is 15.0. The van der Waals surface area contributed by atoms with E-state index in [9.17, 15) is 4.79 Å². The van der Waals surface area contributed by atoms with Crippen molar-refractivity contribution in [1.82, 2.24) is 0 Å². The van der Waals surface area contributed by atoms with Crippen LogP contribution in [0.15, 0.2) is 60.7 Å². The van der Waals surface area contributed by atoms with Crippen LogP contribution in [0.3, 0.4) is 0 Å². The number of aryl methyl sites for hydroxylation is 2. The molecule has 3 nitrogen and oxygen atoms in total. The van der Waals surface area contributed by atoms with Gasteiger partial charge in [-0.2, -0.15) is 0 Å². The molecule has 0 spiro atoms. The third kappa shape index (κ3) is 4.25. The lowest BCUT2D eigenvalue weighted by Crippen LogP contribution is -2.86. The summed E-state index contributed by atoms with van der Waals surface area (Å²) in [7, 11) is 0. The number of carbonyl (C=O) groups is 1. The molecule has 0 aromatic heterocycles. The molecule has 128 valence electrons. The summed E-state index contributed by atoms with van der Waals surface area (Å²) in [5.41, 5.74) is 4.44. The highest BCUT2D eigenvalue weighted by Gasteiger charge is 2.14. The molecule has 0 aliphatic heterocycles. The van der Waals surface area contributed by atoms with E-state index in [1.165, 1.54) is 16.3 Å². The van der Waals surface area contributed by atoms with Crippen LogP contribution < -0.4 is 10.6 Å². The number of anilines is 1. The number of rotatable bonds is 5. The van der Waals surface area contributed by atoms with E-state index >= 15 is 0 Å². The van der Waals surface area contributed by atoms with Gasteiger partial charge in [0.15, 0.2) is 6.54 Å². The van der Waals surface area contributed by atoms with Gasteiger partial charge < -0.3 is 10.6 Å². The molecule has 0 saturated carbocycles. The van der Waals surface area contributed by atoms with Crippen molar-refractivity contribution >= 4 is 22.4 Å². The SMILES string of the molecule is Cc1cc(C)cc(NC(=O)C[NH2+][C@H](C)c2cccc3ccccc23)c1. The molecule has 3 aromatic carbocycles. The first-order valence-electron chi connectivity index (χ1n) is 8.72. The summed E-state index contributed by atoms with van der Waals surface area (Å²) in [4.78, 5) is 12.3. The van der Waals surface area contributed by atoms with Crippen LogP contribution >= 0.6 is 0 Å². The van der Waals surface area contributed by atoms with Crippen LogP contribution in [-0.2, 0) is 4.79 Å². The summed E-state index contributed by atoms with van der Waals surface area (Å²) < 4.78 is 0. The van der Waals surface area contributed by atoms with E-state index in [-0.39, 0.29) is 11.9 Å². The van der Waals surface area contributed by atoms with Crippen molar-refractivity contribution in [1.29, 1.82) is 0 Å². The fourth-order valence-corrected chi connectivity index (χ4v) is 3.32. The van der Waals surface area contributed by atoms with E-state index in [0.717, 1.165) is 16.8 Å². The van der Waals surface area contributed by atoms with Crippen molar-refractivity contribution in [2.24, 2.45) is 0 Å². The fraction of sp³-hybridized carbons (Fsp3) is 0.227. The minimum absolute atomic E-state index is 0.0251. The van der Waals surface area contributed by atoms with Crippen LogP contribution in [0.25, 0.3) is 10.8 Å². The highest BCUT2D eigenvalue weighted by molar-refractivity contribution is 5.91. The predicted octanol–water partition coefficient (Wildman–Crippen LogP) is 3.72. The van der Waals surface area contributed by atoms with Crippen LogP contribution in [0.5, 0.6) is 0 Å². The van der Waals surface area contributed by atoms with Crippen LogP contribution in [-0.4, -0.2) is 12.5 Å². The summed E-state index contributed by atoms with van der Waals surface area (Å²) >= 11 is 0. The van der Waals surface area contributed by atoms with Crippen molar-refractivity contribution in [3.8, 4) is 0 Å². The molecule has 1 amide bonds. The molecule has 3 heteroatoms. The molecule has 3 aromatic rings. The third-order valence-electron chi connectivity index (χ3n) is 4.48. The molecule has 0 aliphatic rings. The van der Waals surface area contributed by atoms with Crippen LogP contribution in [0.4, 0.5) is 5.69 Å². The maximum atomic E-state index is 12.3. The number of hydrogen-bond acceptors (Lipinski definition) is 1. The van der Waals surface area contributed by atoms with Crippen molar-refractivity contribution in [3.05, 3.63) is 77.4 Å². The van der Waals surface area contributed by atoms with E-state index in [2.05, 4.69) is 66.1 Å². The van der Waals surface area contributed by atoms with Gasteiger partial charge in [0.2, 0.25) is 0 Å². The molecule has 0 radical (unpaired) electrons. The first-order valence-corrected chi connectivity index (χ1v) is 8.72. The second-order valence-electron chi connectivity index (χ2n) is 6.72. The normalized spacial score (nSPS) is 12.1. The molecule has 0 aliphatic carbocycles. The maximum Gasteiger partial charge on any atom is 0.279 e. The Balaban J connectivity index is 1.65. The van der Waals surface area contributed by atoms with Crippen molar-refractivity contribution in [2.45, 2.75) is 26.8 Å². The van der Waals surface area contributed by atoms with Gasteiger partial charge in [-0.15, -0.1) is 0 Å². The summed E-state index contributed by atoms with van der Waals surface area (Å²) in [5, 5.41) is 7.57. The van der Waals surface area contributed by atoms with Gasteiger partial charge in [-0.25, -0.2) is 0 Å². The molecule has 0 unspecified atom stereocenters. The number of quaternary nitrogens is 1. The molecule has 25 heavy (non-hydrogen) atoms. The quantitative estimate of drug-likeness (QED) is 0.734. The molecule has 0 fully saturated rings. The number of hydrogen-bond donors (Lipinski definition) is 2. The Bertz CT molecular complexity index is 876. The Kier molecular flexibility index (Phi) is 5.15. The second kappa shape index (κ2) is 7.49. The number of benzene rings is 3. The largest absolute Gasteiger partial charge is 0.332 e. The van der Waals surface area contributed by atoms with Gasteiger partial charge in [0.05, 0.1) is 0 Å². The average molecular weight is 333 g/mol. The van der Waals surface area contributed by atoms with E-state index in [4.69, 9.17) is 0 Å². The molecular formula is C22H25N2O+. The highest BCUT2D eigenvalue weighted by atomic mass is 16.1. The van der Waals surface area contributed by atoms with Crippen molar-refractivity contribution < 1.29 is 10.1 Å². The van der Waals surface area contributed by atoms with Gasteiger partial charge >= 0.3 is 0 Å². The van der Waals surface area contributed by atoms with E-state index in [1.807, 2.05) is 26.0 Å². The summed E-state index contributed by atoms with van der Waals surface area (Å²) in [6, 6.07) is 21.0.